The van der Waals surface area contributed by atoms with Crippen molar-refractivity contribution in [3.8, 4) is 0 Å². The number of likely N-dealkylation sites (tertiary alicyclic amines) is 1. The Morgan fingerprint density at radius 2 is 1.85 bits per heavy atom. The van der Waals surface area contributed by atoms with Crippen LogP contribution in [0.3, 0.4) is 0 Å². The molecule has 1 fully saturated rings. The monoisotopic (exact) mass is 572 g/mol. The number of nitrogens with one attached hydrogen (secondary N) is 2. The van der Waals surface area contributed by atoms with E-state index in [4.69, 9.17) is 0 Å². The number of carbonyl (C=O) groups excluding carboxylic acids is 1. The molecule has 180 valence electrons. The molecule has 8 heteroatoms. The highest BCUT2D eigenvalue weighted by Gasteiger charge is 2.29. The van der Waals surface area contributed by atoms with E-state index in [1.54, 1.807) is 13.2 Å². The predicted molar refractivity (Wildman–Crippen MR) is 146 cm³/mol. The highest BCUT2D eigenvalue weighted by Crippen LogP contribution is 2.17. The molecule has 1 atom stereocenters. The second kappa shape index (κ2) is 13.1. The number of hydrogen-bond donors (Lipinski definition) is 2. The van der Waals surface area contributed by atoms with Gasteiger partial charge in [-0.1, -0.05) is 54.6 Å². The fourth-order valence-corrected chi connectivity index (χ4v) is 4.18. The van der Waals surface area contributed by atoms with E-state index in [0.717, 1.165) is 38.6 Å². The minimum atomic E-state index is 0. The van der Waals surface area contributed by atoms with Crippen LogP contribution in [0.1, 0.15) is 23.1 Å². The minimum Gasteiger partial charge on any atom is -0.356 e. The zero-order valence-electron chi connectivity index (χ0n) is 19.6. The van der Waals surface area contributed by atoms with Crippen molar-refractivity contribution in [1.82, 2.24) is 25.3 Å². The number of guanidine groups is 1. The van der Waals surface area contributed by atoms with Gasteiger partial charge in [-0.15, -0.1) is 24.0 Å². The molecule has 3 aromatic rings. The van der Waals surface area contributed by atoms with Crippen LogP contribution >= 0.6 is 24.0 Å². The Morgan fingerprint density at radius 1 is 1.06 bits per heavy atom. The molecule has 2 N–H and O–H groups in total. The van der Waals surface area contributed by atoms with Gasteiger partial charge in [0.25, 0.3) is 0 Å². The summed E-state index contributed by atoms with van der Waals surface area (Å²) in [6, 6.07) is 20.7. The number of rotatable bonds is 9. The predicted octanol–water partition coefficient (Wildman–Crippen LogP) is 3.31. The molecule has 0 spiro atoms. The van der Waals surface area contributed by atoms with Crippen molar-refractivity contribution in [1.29, 1.82) is 0 Å². The summed E-state index contributed by atoms with van der Waals surface area (Å²) in [5.41, 5.74) is 3.66. The number of aromatic nitrogens is 2. The van der Waals surface area contributed by atoms with Gasteiger partial charge in [0.2, 0.25) is 5.91 Å². The number of carbonyl (C=O) groups is 1. The Balaban J connectivity index is 0.00000324. The first kappa shape index (κ1) is 25.7. The molecule has 0 bridgehead atoms. The first-order valence-corrected chi connectivity index (χ1v) is 11.5. The molecule has 1 saturated heterocycles. The first-order chi connectivity index (χ1) is 16.2. The minimum absolute atomic E-state index is 0. The van der Waals surface area contributed by atoms with Crippen LogP contribution < -0.4 is 10.6 Å². The van der Waals surface area contributed by atoms with Gasteiger partial charge in [0.1, 0.15) is 0 Å². The third-order valence-electron chi connectivity index (χ3n) is 5.94. The van der Waals surface area contributed by atoms with Crippen molar-refractivity contribution < 1.29 is 4.79 Å². The lowest BCUT2D eigenvalue weighted by Gasteiger charge is -2.18. The molecule has 2 heterocycles. The van der Waals surface area contributed by atoms with Gasteiger partial charge < -0.3 is 15.5 Å². The van der Waals surface area contributed by atoms with Crippen LogP contribution in [-0.2, 0) is 24.3 Å². The van der Waals surface area contributed by atoms with Gasteiger partial charge in [-0.25, -0.2) is 0 Å². The summed E-state index contributed by atoms with van der Waals surface area (Å²) in [6.45, 7) is 3.74. The molecule has 0 aliphatic carbocycles. The molecule has 0 saturated carbocycles. The third-order valence-corrected chi connectivity index (χ3v) is 5.94. The van der Waals surface area contributed by atoms with Crippen LogP contribution in [0.5, 0.6) is 0 Å². The molecule has 4 rings (SSSR count). The van der Waals surface area contributed by atoms with Crippen molar-refractivity contribution in [3.05, 3.63) is 89.7 Å². The smallest absolute Gasteiger partial charge is 0.223 e. The van der Waals surface area contributed by atoms with Crippen molar-refractivity contribution in [2.75, 3.05) is 26.7 Å². The summed E-state index contributed by atoms with van der Waals surface area (Å²) < 4.78 is 1.92. The lowest BCUT2D eigenvalue weighted by Crippen LogP contribution is -2.40. The van der Waals surface area contributed by atoms with E-state index in [-0.39, 0.29) is 29.9 Å². The molecule has 7 nitrogen and oxygen atoms in total. The van der Waals surface area contributed by atoms with Crippen LogP contribution in [-0.4, -0.2) is 53.2 Å². The van der Waals surface area contributed by atoms with E-state index < -0.39 is 0 Å². The molecule has 1 amide bonds. The summed E-state index contributed by atoms with van der Waals surface area (Å²) in [7, 11) is 1.77. The lowest BCUT2D eigenvalue weighted by atomic mass is 10.1. The number of nitrogens with zero attached hydrogens (tertiary/aromatic N) is 4. The average molecular weight is 572 g/mol. The second-order valence-corrected chi connectivity index (χ2v) is 8.48. The normalized spacial score (nSPS) is 15.8. The Hall–Kier alpha value is -2.88. The lowest BCUT2D eigenvalue weighted by molar-refractivity contribution is -0.127. The molecule has 34 heavy (non-hydrogen) atoms. The van der Waals surface area contributed by atoms with Gasteiger partial charge in [-0.3, -0.25) is 14.5 Å². The molecular formula is C26H33IN6O. The zero-order valence-corrected chi connectivity index (χ0v) is 21.9. The molecular weight excluding hydrogens is 539 g/mol. The van der Waals surface area contributed by atoms with E-state index in [2.05, 4.69) is 57.1 Å². The SMILES string of the molecule is CN=C(NCc1cccc(Cn2cccn2)c1)NCC1CC(=O)N(CCc2ccccc2)C1.I. The van der Waals surface area contributed by atoms with Crippen molar-refractivity contribution >= 4 is 35.8 Å². The Labute approximate surface area is 218 Å². The molecule has 1 aliphatic rings. The Morgan fingerprint density at radius 3 is 2.62 bits per heavy atom. The summed E-state index contributed by atoms with van der Waals surface area (Å²) in [5, 5.41) is 11.0. The van der Waals surface area contributed by atoms with Crippen LogP contribution in [0.25, 0.3) is 0 Å². The maximum atomic E-state index is 12.4. The van der Waals surface area contributed by atoms with Gasteiger partial charge >= 0.3 is 0 Å². The highest BCUT2D eigenvalue weighted by molar-refractivity contribution is 14.0. The maximum Gasteiger partial charge on any atom is 0.223 e. The van der Waals surface area contributed by atoms with Crippen LogP contribution in [0.15, 0.2) is 78.0 Å². The van der Waals surface area contributed by atoms with Gasteiger partial charge in [0, 0.05) is 58.0 Å². The summed E-state index contributed by atoms with van der Waals surface area (Å²) in [4.78, 5) is 18.8. The van der Waals surface area contributed by atoms with Gasteiger partial charge in [-0.05, 0) is 29.2 Å². The quantitative estimate of drug-likeness (QED) is 0.235. The van der Waals surface area contributed by atoms with Crippen molar-refractivity contribution in [2.24, 2.45) is 10.9 Å². The van der Waals surface area contributed by atoms with Gasteiger partial charge in [0.05, 0.1) is 6.54 Å². The Kier molecular flexibility index (Phi) is 9.93. The topological polar surface area (TPSA) is 74.5 Å². The van der Waals surface area contributed by atoms with Gasteiger partial charge in [-0.2, -0.15) is 5.10 Å². The van der Waals surface area contributed by atoms with Crippen molar-refractivity contribution in [3.63, 3.8) is 0 Å². The standard InChI is InChI=1S/C26H32N6O.HI/c1-27-26(28-17-22-9-5-10-23(15-22)20-32-13-6-12-30-32)29-18-24-16-25(33)31(19-24)14-11-21-7-3-2-4-8-21;/h2-10,12-13,15,24H,11,14,16-20H2,1H3,(H2,27,28,29);1H. The third kappa shape index (κ3) is 7.58. The van der Waals surface area contributed by atoms with E-state index in [1.165, 1.54) is 16.7 Å². The van der Waals surface area contributed by atoms with Crippen LogP contribution in [0.2, 0.25) is 0 Å². The van der Waals surface area contributed by atoms with E-state index >= 15 is 0 Å². The fourth-order valence-electron chi connectivity index (χ4n) is 4.18. The average Bonchev–Trinajstić information content (AvgIpc) is 3.48. The molecule has 1 unspecified atom stereocenters. The summed E-state index contributed by atoms with van der Waals surface area (Å²) in [5.74, 6) is 1.29. The van der Waals surface area contributed by atoms with Crippen LogP contribution in [0.4, 0.5) is 0 Å². The van der Waals surface area contributed by atoms with Crippen LogP contribution in [0, 0.1) is 5.92 Å². The first-order valence-electron chi connectivity index (χ1n) is 11.5. The Bertz CT molecular complexity index is 1050. The maximum absolute atomic E-state index is 12.4. The van der Waals surface area contributed by atoms with E-state index in [9.17, 15) is 4.79 Å². The molecule has 1 aromatic heterocycles. The largest absolute Gasteiger partial charge is 0.356 e. The molecule has 0 radical (unpaired) electrons. The van der Waals surface area contributed by atoms with E-state index in [1.807, 2.05) is 40.0 Å². The number of amides is 1. The number of halogens is 1. The highest BCUT2D eigenvalue weighted by atomic mass is 127. The fraction of sp³-hybridized carbons (Fsp3) is 0.346. The zero-order chi connectivity index (χ0) is 22.9. The number of hydrogen-bond acceptors (Lipinski definition) is 3. The molecule has 1 aliphatic heterocycles. The van der Waals surface area contributed by atoms with Gasteiger partial charge in [0.15, 0.2) is 5.96 Å². The molecule has 2 aromatic carbocycles. The summed E-state index contributed by atoms with van der Waals surface area (Å²) in [6.07, 6.45) is 5.25. The summed E-state index contributed by atoms with van der Waals surface area (Å²) >= 11 is 0. The van der Waals surface area contributed by atoms with E-state index in [0.29, 0.717) is 18.9 Å². The second-order valence-electron chi connectivity index (χ2n) is 8.48. The number of aliphatic imine (C=N–C) groups is 1. The number of benzene rings is 2. The van der Waals surface area contributed by atoms with Crippen molar-refractivity contribution in [2.45, 2.75) is 25.9 Å².